The molecule has 8 nitrogen and oxygen atoms in total. The summed E-state index contributed by atoms with van der Waals surface area (Å²) in [7, 11) is 0. The van der Waals surface area contributed by atoms with Crippen molar-refractivity contribution in [3.8, 4) is 5.75 Å². The van der Waals surface area contributed by atoms with E-state index in [1.165, 1.54) is 18.2 Å². The van der Waals surface area contributed by atoms with Crippen LogP contribution in [0.15, 0.2) is 42.5 Å². The maximum atomic E-state index is 12.3. The predicted molar refractivity (Wildman–Crippen MR) is 88.9 cm³/mol. The minimum Gasteiger partial charge on any atom is -0.506 e. The Morgan fingerprint density at radius 3 is 2.75 bits per heavy atom. The number of phenols is 1. The summed E-state index contributed by atoms with van der Waals surface area (Å²) in [5, 5.41) is 24.0. The molecule has 122 valence electrons. The molecule has 1 heterocycles. The van der Waals surface area contributed by atoms with E-state index in [0.717, 1.165) is 5.56 Å². The van der Waals surface area contributed by atoms with E-state index < -0.39 is 10.8 Å². The highest BCUT2D eigenvalue weighted by Crippen LogP contribution is 2.27. The average molecular weight is 326 g/mol. The zero-order valence-electron chi connectivity index (χ0n) is 12.4. The molecule has 0 saturated carbocycles. The van der Waals surface area contributed by atoms with Crippen LogP contribution in [0.25, 0.3) is 10.9 Å². The number of benzene rings is 2. The lowest BCUT2D eigenvalue weighted by atomic mass is 10.2. The molecule has 1 amide bonds. The maximum Gasteiger partial charge on any atom is 0.293 e. The molecular formula is C16H14N4O4. The molecule has 0 aliphatic rings. The van der Waals surface area contributed by atoms with E-state index in [9.17, 15) is 20.0 Å². The van der Waals surface area contributed by atoms with Gasteiger partial charge in [0.1, 0.15) is 17.0 Å². The molecule has 0 atom stereocenters. The number of aromatic nitrogens is 1. The third-order valence-corrected chi connectivity index (χ3v) is 3.62. The minimum atomic E-state index is -0.517. The summed E-state index contributed by atoms with van der Waals surface area (Å²) in [6, 6.07) is 10.8. The number of nitrogens with zero attached hydrogens (tertiary/aromatic N) is 1. The Morgan fingerprint density at radius 2 is 2.08 bits per heavy atom. The number of carbonyl (C=O) groups excluding carboxylic acids is 1. The summed E-state index contributed by atoms with van der Waals surface area (Å²) >= 11 is 0. The standard InChI is InChI=1S/C16H14N4O4/c17-8-9-4-5-11(14(21)6-9)19-16(22)12-7-10-2-1-3-13(20(23)24)15(10)18-12/h1-7,18,21H,8,17H2,(H,19,22). The first kappa shape index (κ1) is 15.5. The van der Waals surface area contributed by atoms with Gasteiger partial charge in [0.25, 0.3) is 11.6 Å². The number of aromatic amines is 1. The van der Waals surface area contributed by atoms with Crippen LogP contribution in [0.5, 0.6) is 5.75 Å². The van der Waals surface area contributed by atoms with Gasteiger partial charge in [-0.25, -0.2) is 0 Å². The van der Waals surface area contributed by atoms with Crippen LogP contribution in [0.2, 0.25) is 0 Å². The number of aromatic hydroxyl groups is 1. The van der Waals surface area contributed by atoms with E-state index in [1.807, 2.05) is 0 Å². The molecule has 8 heteroatoms. The fourth-order valence-corrected chi connectivity index (χ4v) is 2.41. The van der Waals surface area contributed by atoms with Crippen LogP contribution in [0.1, 0.15) is 16.1 Å². The minimum absolute atomic E-state index is 0.103. The van der Waals surface area contributed by atoms with Crippen LogP contribution < -0.4 is 11.1 Å². The molecule has 0 unspecified atom stereocenters. The summed E-state index contributed by atoms with van der Waals surface area (Å²) in [6.45, 7) is 0.271. The largest absolute Gasteiger partial charge is 0.506 e. The van der Waals surface area contributed by atoms with Gasteiger partial charge in [-0.15, -0.1) is 0 Å². The number of rotatable bonds is 4. The van der Waals surface area contributed by atoms with Crippen molar-refractivity contribution in [2.24, 2.45) is 5.73 Å². The molecule has 24 heavy (non-hydrogen) atoms. The van der Waals surface area contributed by atoms with Gasteiger partial charge in [0, 0.05) is 18.0 Å². The van der Waals surface area contributed by atoms with Gasteiger partial charge in [0.2, 0.25) is 0 Å². The Balaban J connectivity index is 1.92. The van der Waals surface area contributed by atoms with E-state index >= 15 is 0 Å². The third kappa shape index (κ3) is 2.77. The number of amides is 1. The van der Waals surface area contributed by atoms with Crippen molar-refractivity contribution in [3.63, 3.8) is 0 Å². The first-order valence-electron chi connectivity index (χ1n) is 7.09. The molecule has 0 fully saturated rings. The van der Waals surface area contributed by atoms with Crippen molar-refractivity contribution in [3.05, 3.63) is 63.8 Å². The molecule has 1 aromatic heterocycles. The summed E-state index contributed by atoms with van der Waals surface area (Å²) < 4.78 is 0. The lowest BCUT2D eigenvalue weighted by Gasteiger charge is -2.07. The van der Waals surface area contributed by atoms with Crippen LogP contribution in [-0.2, 0) is 6.54 Å². The van der Waals surface area contributed by atoms with Crippen molar-refractivity contribution < 1.29 is 14.8 Å². The summed E-state index contributed by atoms with van der Waals surface area (Å²) in [6.07, 6.45) is 0. The van der Waals surface area contributed by atoms with E-state index in [4.69, 9.17) is 5.73 Å². The fraction of sp³-hybridized carbons (Fsp3) is 0.0625. The maximum absolute atomic E-state index is 12.3. The van der Waals surface area contributed by atoms with E-state index in [1.54, 1.807) is 24.3 Å². The summed E-state index contributed by atoms with van der Waals surface area (Å²) in [4.78, 5) is 25.6. The number of fused-ring (bicyclic) bond motifs is 1. The molecular weight excluding hydrogens is 312 g/mol. The van der Waals surface area contributed by atoms with Crippen molar-refractivity contribution in [1.29, 1.82) is 0 Å². The molecule has 3 rings (SSSR count). The molecule has 0 spiro atoms. The third-order valence-electron chi connectivity index (χ3n) is 3.62. The van der Waals surface area contributed by atoms with Crippen molar-refractivity contribution >= 4 is 28.2 Å². The Hall–Kier alpha value is -3.39. The second kappa shape index (κ2) is 6.01. The van der Waals surface area contributed by atoms with Crippen LogP contribution in [0, 0.1) is 10.1 Å². The number of anilines is 1. The van der Waals surface area contributed by atoms with Crippen molar-refractivity contribution in [2.75, 3.05) is 5.32 Å². The zero-order chi connectivity index (χ0) is 17.3. The SMILES string of the molecule is NCc1ccc(NC(=O)c2cc3cccc([N+](=O)[O-])c3[nH]2)c(O)c1. The fourth-order valence-electron chi connectivity index (χ4n) is 2.41. The quantitative estimate of drug-likeness (QED) is 0.332. The lowest BCUT2D eigenvalue weighted by Crippen LogP contribution is -2.12. The Labute approximate surface area is 136 Å². The van der Waals surface area contributed by atoms with Crippen molar-refractivity contribution in [1.82, 2.24) is 4.98 Å². The van der Waals surface area contributed by atoms with Gasteiger partial charge in [0.05, 0.1) is 10.6 Å². The molecule has 0 radical (unpaired) electrons. The van der Waals surface area contributed by atoms with E-state index in [0.29, 0.717) is 5.39 Å². The van der Waals surface area contributed by atoms with Crippen LogP contribution in [-0.4, -0.2) is 20.9 Å². The average Bonchev–Trinajstić information content (AvgIpc) is 3.00. The van der Waals surface area contributed by atoms with Crippen LogP contribution in [0.4, 0.5) is 11.4 Å². The summed E-state index contributed by atoms with van der Waals surface area (Å²) in [5.74, 6) is -0.621. The van der Waals surface area contributed by atoms with Gasteiger partial charge >= 0.3 is 0 Å². The molecule has 0 bridgehead atoms. The Morgan fingerprint density at radius 1 is 1.29 bits per heavy atom. The lowest BCUT2D eigenvalue weighted by molar-refractivity contribution is -0.383. The number of nitro benzene ring substituents is 1. The highest BCUT2D eigenvalue weighted by Gasteiger charge is 2.17. The van der Waals surface area contributed by atoms with Gasteiger partial charge in [-0.1, -0.05) is 18.2 Å². The van der Waals surface area contributed by atoms with Gasteiger partial charge in [-0.2, -0.15) is 0 Å². The smallest absolute Gasteiger partial charge is 0.293 e. The van der Waals surface area contributed by atoms with Gasteiger partial charge in [-0.3, -0.25) is 14.9 Å². The molecule has 0 aliphatic carbocycles. The number of hydrogen-bond acceptors (Lipinski definition) is 5. The van der Waals surface area contributed by atoms with E-state index in [2.05, 4.69) is 10.3 Å². The first-order valence-corrected chi connectivity index (χ1v) is 7.09. The molecule has 3 aromatic rings. The highest BCUT2D eigenvalue weighted by atomic mass is 16.6. The predicted octanol–water partition coefficient (Wildman–Crippen LogP) is 2.49. The van der Waals surface area contributed by atoms with E-state index in [-0.39, 0.29) is 34.9 Å². The number of nitrogens with one attached hydrogen (secondary N) is 2. The normalized spacial score (nSPS) is 10.7. The van der Waals surface area contributed by atoms with Crippen molar-refractivity contribution in [2.45, 2.75) is 6.54 Å². The second-order valence-electron chi connectivity index (χ2n) is 5.19. The zero-order valence-corrected chi connectivity index (χ0v) is 12.4. The second-order valence-corrected chi connectivity index (χ2v) is 5.19. The van der Waals surface area contributed by atoms with Gasteiger partial charge in [0.15, 0.2) is 0 Å². The number of nitrogens with two attached hydrogens (primary N) is 1. The van der Waals surface area contributed by atoms with Crippen LogP contribution in [0.3, 0.4) is 0 Å². The number of non-ortho nitro benzene ring substituents is 1. The Kier molecular flexibility index (Phi) is 3.88. The monoisotopic (exact) mass is 326 g/mol. The molecule has 5 N–H and O–H groups in total. The summed E-state index contributed by atoms with van der Waals surface area (Å²) in [5.41, 5.74) is 6.76. The van der Waals surface area contributed by atoms with Gasteiger partial charge in [-0.05, 0) is 23.8 Å². The number of nitro groups is 1. The Bertz CT molecular complexity index is 948. The first-order chi connectivity index (χ1) is 11.5. The van der Waals surface area contributed by atoms with Gasteiger partial charge < -0.3 is 21.1 Å². The van der Waals surface area contributed by atoms with Crippen LogP contribution >= 0.6 is 0 Å². The molecule has 0 aliphatic heterocycles. The molecule has 0 saturated heterocycles. The number of H-pyrrole nitrogens is 1. The number of hydrogen-bond donors (Lipinski definition) is 4. The number of phenolic OH excluding ortho intramolecular Hbond substituents is 1. The number of carbonyl (C=O) groups is 1. The highest BCUT2D eigenvalue weighted by molar-refractivity contribution is 6.07. The topological polar surface area (TPSA) is 134 Å². The molecule has 2 aromatic carbocycles. The number of para-hydroxylation sites is 1.